The lowest BCUT2D eigenvalue weighted by Gasteiger charge is -2.31. The summed E-state index contributed by atoms with van der Waals surface area (Å²) < 4.78 is 47.3. The monoisotopic (exact) mass is 576 g/mol. The maximum Gasteiger partial charge on any atom is 0.269 e. The van der Waals surface area contributed by atoms with Crippen LogP contribution in [-0.4, -0.2) is 79.3 Å². The molecule has 0 radical (unpaired) electrons. The number of nitro groups is 1. The third-order valence-corrected chi connectivity index (χ3v) is 9.05. The predicted molar refractivity (Wildman–Crippen MR) is 144 cm³/mol. The molecule has 0 saturated carbocycles. The van der Waals surface area contributed by atoms with E-state index in [2.05, 4.69) is 4.90 Å². The Balaban J connectivity index is 1.58. The summed E-state index contributed by atoms with van der Waals surface area (Å²) in [6.07, 6.45) is 0. The SMILES string of the molecule is O=C(CN(CCN1CCOCC1)S(=O)(=O)c1ccc([N+](=O)[O-])cc1)N(Cc1ccc(F)cc1)Cc1cccs1. The van der Waals surface area contributed by atoms with Crippen molar-refractivity contribution in [2.45, 2.75) is 18.0 Å². The number of rotatable bonds is 12. The molecular weight excluding hydrogens is 547 g/mol. The van der Waals surface area contributed by atoms with Crippen LogP contribution in [0.25, 0.3) is 0 Å². The highest BCUT2D eigenvalue weighted by molar-refractivity contribution is 7.89. The van der Waals surface area contributed by atoms with Crippen LogP contribution in [0.2, 0.25) is 0 Å². The molecule has 10 nitrogen and oxygen atoms in total. The van der Waals surface area contributed by atoms with E-state index in [1.54, 1.807) is 17.0 Å². The number of ether oxygens (including phenoxy) is 1. The zero-order chi connectivity index (χ0) is 27.8. The van der Waals surface area contributed by atoms with Gasteiger partial charge in [-0.1, -0.05) is 18.2 Å². The molecule has 2 aromatic carbocycles. The summed E-state index contributed by atoms with van der Waals surface area (Å²) in [4.78, 5) is 28.5. The number of non-ortho nitro benzene ring substituents is 1. The Morgan fingerprint density at radius 2 is 1.74 bits per heavy atom. The molecule has 0 aliphatic carbocycles. The molecule has 1 aromatic heterocycles. The van der Waals surface area contributed by atoms with Crippen LogP contribution in [0.1, 0.15) is 10.4 Å². The number of nitrogens with zero attached hydrogens (tertiary/aromatic N) is 4. The van der Waals surface area contributed by atoms with Gasteiger partial charge >= 0.3 is 0 Å². The number of carbonyl (C=O) groups excluding carboxylic acids is 1. The minimum atomic E-state index is -4.16. The Morgan fingerprint density at radius 1 is 1.05 bits per heavy atom. The van der Waals surface area contributed by atoms with Gasteiger partial charge in [-0.15, -0.1) is 11.3 Å². The zero-order valence-corrected chi connectivity index (χ0v) is 22.8. The first-order valence-electron chi connectivity index (χ1n) is 12.3. The van der Waals surface area contributed by atoms with Crippen molar-refractivity contribution in [3.8, 4) is 0 Å². The average molecular weight is 577 g/mol. The molecule has 0 atom stereocenters. The quantitative estimate of drug-likeness (QED) is 0.240. The second-order valence-electron chi connectivity index (χ2n) is 9.00. The summed E-state index contributed by atoms with van der Waals surface area (Å²) in [5.41, 5.74) is 0.478. The summed E-state index contributed by atoms with van der Waals surface area (Å²) >= 11 is 1.48. The molecule has 4 rings (SSSR count). The van der Waals surface area contributed by atoms with Crippen LogP contribution in [0, 0.1) is 15.9 Å². The first-order chi connectivity index (χ1) is 18.7. The Bertz CT molecular complexity index is 1350. The smallest absolute Gasteiger partial charge is 0.269 e. The molecule has 0 N–H and O–H groups in total. The molecule has 0 unspecified atom stereocenters. The summed E-state index contributed by atoms with van der Waals surface area (Å²) in [7, 11) is -4.16. The number of sulfonamides is 1. The van der Waals surface area contributed by atoms with Gasteiger partial charge in [-0.05, 0) is 41.3 Å². The van der Waals surface area contributed by atoms with E-state index in [-0.39, 0.29) is 30.2 Å². The third kappa shape index (κ3) is 7.90. The van der Waals surface area contributed by atoms with Gasteiger partial charge in [0, 0.05) is 49.7 Å². The molecule has 3 aromatic rings. The van der Waals surface area contributed by atoms with Crippen molar-refractivity contribution < 1.29 is 27.3 Å². The fourth-order valence-corrected chi connectivity index (χ4v) is 6.23. The van der Waals surface area contributed by atoms with Gasteiger partial charge in [0.05, 0.1) is 36.1 Å². The number of hydrogen-bond acceptors (Lipinski definition) is 8. The molecule has 13 heteroatoms. The zero-order valence-electron chi connectivity index (χ0n) is 21.1. The van der Waals surface area contributed by atoms with Crippen molar-refractivity contribution in [2.24, 2.45) is 0 Å². The van der Waals surface area contributed by atoms with Crippen molar-refractivity contribution in [1.82, 2.24) is 14.1 Å². The van der Waals surface area contributed by atoms with Gasteiger partial charge in [-0.2, -0.15) is 4.31 Å². The molecule has 0 bridgehead atoms. The van der Waals surface area contributed by atoms with Crippen LogP contribution in [0.5, 0.6) is 0 Å². The summed E-state index contributed by atoms with van der Waals surface area (Å²) in [5.74, 6) is -0.807. The predicted octanol–water partition coefficient (Wildman–Crippen LogP) is 3.35. The van der Waals surface area contributed by atoms with Crippen molar-refractivity contribution in [2.75, 3.05) is 45.9 Å². The lowest BCUT2D eigenvalue weighted by atomic mass is 10.2. The molecule has 0 spiro atoms. The second-order valence-corrected chi connectivity index (χ2v) is 12.0. The average Bonchev–Trinajstić information content (AvgIpc) is 3.45. The maximum absolute atomic E-state index is 13.7. The van der Waals surface area contributed by atoms with E-state index in [0.29, 0.717) is 38.4 Å². The number of halogens is 1. The van der Waals surface area contributed by atoms with E-state index in [4.69, 9.17) is 4.74 Å². The third-order valence-electron chi connectivity index (χ3n) is 6.33. The van der Waals surface area contributed by atoms with Crippen molar-refractivity contribution in [1.29, 1.82) is 0 Å². The van der Waals surface area contributed by atoms with E-state index >= 15 is 0 Å². The van der Waals surface area contributed by atoms with Crippen molar-refractivity contribution in [3.63, 3.8) is 0 Å². The van der Waals surface area contributed by atoms with Crippen LogP contribution in [0.15, 0.2) is 70.9 Å². The number of hydrogen-bond donors (Lipinski definition) is 0. The van der Waals surface area contributed by atoms with Gasteiger partial charge < -0.3 is 9.64 Å². The van der Waals surface area contributed by atoms with Gasteiger partial charge in [-0.3, -0.25) is 19.8 Å². The van der Waals surface area contributed by atoms with E-state index < -0.39 is 33.2 Å². The van der Waals surface area contributed by atoms with Gasteiger partial charge in [0.2, 0.25) is 15.9 Å². The van der Waals surface area contributed by atoms with Crippen LogP contribution in [-0.2, 0) is 32.6 Å². The molecule has 1 aliphatic rings. The fraction of sp³-hybridized carbons (Fsp3) is 0.346. The number of carbonyl (C=O) groups is 1. The highest BCUT2D eigenvalue weighted by Crippen LogP contribution is 2.21. The Kier molecular flexibility index (Phi) is 9.75. The Hall–Kier alpha value is -3.23. The number of nitro benzene ring substituents is 1. The number of thiophene rings is 1. The summed E-state index contributed by atoms with van der Waals surface area (Å²) in [6.45, 7) is 2.84. The summed E-state index contributed by atoms with van der Waals surface area (Å²) in [5, 5.41) is 12.9. The topological polar surface area (TPSA) is 113 Å². The normalized spacial score (nSPS) is 14.4. The standard InChI is InChI=1S/C26H29FN4O6S2/c27-22-5-3-21(4-6-22)18-29(19-24-2-1-17-38-24)26(32)20-30(12-11-28-13-15-37-16-14-28)39(35,36)25-9-7-23(8-10-25)31(33)34/h1-10,17H,11-16,18-20H2. The van der Waals surface area contributed by atoms with Crippen LogP contribution < -0.4 is 0 Å². The minimum Gasteiger partial charge on any atom is -0.379 e. The number of benzene rings is 2. The number of morpholine rings is 1. The maximum atomic E-state index is 13.7. The Labute approximate surface area is 230 Å². The fourth-order valence-electron chi connectivity index (χ4n) is 4.13. The van der Waals surface area contributed by atoms with Crippen LogP contribution in [0.4, 0.5) is 10.1 Å². The molecule has 1 saturated heterocycles. The van der Waals surface area contributed by atoms with Crippen molar-refractivity contribution >= 4 is 33.0 Å². The van der Waals surface area contributed by atoms with Crippen LogP contribution >= 0.6 is 11.3 Å². The lowest BCUT2D eigenvalue weighted by Crippen LogP contribution is -2.46. The molecule has 1 amide bonds. The molecule has 1 aliphatic heterocycles. The van der Waals surface area contributed by atoms with Crippen LogP contribution in [0.3, 0.4) is 0 Å². The second kappa shape index (κ2) is 13.2. The summed E-state index contributed by atoms with van der Waals surface area (Å²) in [6, 6.07) is 14.2. The highest BCUT2D eigenvalue weighted by Gasteiger charge is 2.30. The molecular formula is C26H29FN4O6S2. The van der Waals surface area contributed by atoms with Gasteiger partial charge in [-0.25, -0.2) is 12.8 Å². The molecule has 208 valence electrons. The van der Waals surface area contributed by atoms with E-state index in [1.165, 1.54) is 35.6 Å². The largest absolute Gasteiger partial charge is 0.379 e. The van der Waals surface area contributed by atoms with Gasteiger partial charge in [0.15, 0.2) is 0 Å². The minimum absolute atomic E-state index is 0.0501. The van der Waals surface area contributed by atoms with E-state index in [9.17, 15) is 27.7 Å². The first-order valence-corrected chi connectivity index (χ1v) is 14.6. The molecule has 2 heterocycles. The lowest BCUT2D eigenvalue weighted by molar-refractivity contribution is -0.384. The molecule has 39 heavy (non-hydrogen) atoms. The molecule has 1 fully saturated rings. The first kappa shape index (κ1) is 28.8. The van der Waals surface area contributed by atoms with E-state index in [1.807, 2.05) is 17.5 Å². The highest BCUT2D eigenvalue weighted by atomic mass is 32.2. The van der Waals surface area contributed by atoms with Crippen molar-refractivity contribution in [3.05, 3.63) is 92.4 Å². The van der Waals surface area contributed by atoms with E-state index in [0.717, 1.165) is 21.3 Å². The number of amides is 1. The van der Waals surface area contributed by atoms with Gasteiger partial charge in [0.1, 0.15) is 5.82 Å². The van der Waals surface area contributed by atoms with Gasteiger partial charge in [0.25, 0.3) is 5.69 Å². The Morgan fingerprint density at radius 3 is 2.36 bits per heavy atom.